The van der Waals surface area contributed by atoms with Crippen molar-refractivity contribution in [3.05, 3.63) is 77.3 Å². The van der Waals surface area contributed by atoms with Crippen molar-refractivity contribution in [1.82, 2.24) is 9.55 Å². The van der Waals surface area contributed by atoms with Crippen LogP contribution in [0, 0.1) is 0 Å². The molecule has 0 aliphatic heterocycles. The lowest BCUT2D eigenvalue weighted by Gasteiger charge is -2.09. The Labute approximate surface area is 161 Å². The molecular formula is C20H20BrN3O2. The molecule has 0 aliphatic rings. The number of aromatic nitrogens is 2. The number of carbonyl (C=O) groups excluding carboxylic acids is 1. The highest BCUT2D eigenvalue weighted by Gasteiger charge is 2.05. The molecule has 1 amide bonds. The van der Waals surface area contributed by atoms with Gasteiger partial charge < -0.3 is 14.6 Å². The van der Waals surface area contributed by atoms with Gasteiger partial charge in [-0.05, 0) is 52.2 Å². The topological polar surface area (TPSA) is 56.1 Å². The molecule has 0 radical (unpaired) electrons. The summed E-state index contributed by atoms with van der Waals surface area (Å²) in [4.78, 5) is 16.2. The summed E-state index contributed by atoms with van der Waals surface area (Å²) < 4.78 is 8.58. The second-order valence-corrected chi connectivity index (χ2v) is 6.72. The molecule has 134 valence electrons. The highest BCUT2D eigenvalue weighted by atomic mass is 79.9. The van der Waals surface area contributed by atoms with Gasteiger partial charge in [0.15, 0.2) is 0 Å². The van der Waals surface area contributed by atoms with Crippen LogP contribution in [0.4, 0.5) is 5.69 Å². The number of amides is 1. The normalized spacial score (nSPS) is 10.5. The molecule has 0 unspecified atom stereocenters. The van der Waals surface area contributed by atoms with E-state index in [0.29, 0.717) is 19.4 Å². The van der Waals surface area contributed by atoms with Crippen LogP contribution < -0.4 is 10.1 Å². The van der Waals surface area contributed by atoms with Crippen molar-refractivity contribution in [2.45, 2.75) is 19.4 Å². The lowest BCUT2D eigenvalue weighted by atomic mass is 10.2. The molecule has 1 aromatic heterocycles. The zero-order valence-corrected chi connectivity index (χ0v) is 15.9. The Morgan fingerprint density at radius 1 is 1.19 bits per heavy atom. The van der Waals surface area contributed by atoms with E-state index in [9.17, 15) is 4.79 Å². The predicted molar refractivity (Wildman–Crippen MR) is 105 cm³/mol. The van der Waals surface area contributed by atoms with E-state index in [1.165, 1.54) is 0 Å². The van der Waals surface area contributed by atoms with Crippen molar-refractivity contribution in [1.29, 1.82) is 0 Å². The van der Waals surface area contributed by atoms with E-state index in [2.05, 4.69) is 26.2 Å². The number of nitrogens with one attached hydrogen (secondary N) is 1. The Morgan fingerprint density at radius 2 is 2.08 bits per heavy atom. The number of para-hydroxylation sites is 1. The fourth-order valence-corrected chi connectivity index (χ4v) is 2.94. The molecule has 0 aliphatic carbocycles. The average molecular weight is 414 g/mol. The molecule has 3 aromatic rings. The summed E-state index contributed by atoms with van der Waals surface area (Å²) in [7, 11) is 0. The summed E-state index contributed by atoms with van der Waals surface area (Å²) in [6.45, 7) is 1.22. The number of anilines is 1. The minimum absolute atomic E-state index is 0.0134. The first-order valence-corrected chi connectivity index (χ1v) is 9.22. The monoisotopic (exact) mass is 413 g/mol. The van der Waals surface area contributed by atoms with Crippen LogP contribution in [0.3, 0.4) is 0 Å². The van der Waals surface area contributed by atoms with Crippen molar-refractivity contribution in [3.8, 4) is 5.75 Å². The molecular weight excluding hydrogens is 394 g/mol. The van der Waals surface area contributed by atoms with Crippen LogP contribution in [0.25, 0.3) is 0 Å². The molecule has 26 heavy (non-hydrogen) atoms. The number of ether oxygens (including phenoxy) is 1. The largest absolute Gasteiger partial charge is 0.492 e. The molecule has 1 heterocycles. The third-order valence-electron chi connectivity index (χ3n) is 3.78. The van der Waals surface area contributed by atoms with Crippen LogP contribution >= 0.6 is 15.9 Å². The Kier molecular flexibility index (Phi) is 6.44. The first kappa shape index (κ1) is 18.2. The second-order valence-electron chi connectivity index (χ2n) is 5.87. The zero-order chi connectivity index (χ0) is 18.2. The fraction of sp³-hybridized carbons (Fsp3) is 0.200. The Morgan fingerprint density at radius 3 is 2.88 bits per heavy atom. The summed E-state index contributed by atoms with van der Waals surface area (Å²) in [5, 5.41) is 2.94. The van der Waals surface area contributed by atoms with Crippen molar-refractivity contribution in [2.24, 2.45) is 0 Å². The molecule has 5 nitrogen and oxygen atoms in total. The number of hydrogen-bond donors (Lipinski definition) is 1. The molecule has 0 fully saturated rings. The summed E-state index contributed by atoms with van der Waals surface area (Å²) in [5.74, 6) is 0.778. The summed E-state index contributed by atoms with van der Waals surface area (Å²) in [6.07, 6.45) is 6.51. The first-order valence-electron chi connectivity index (χ1n) is 8.42. The van der Waals surface area contributed by atoms with Gasteiger partial charge in [-0.25, -0.2) is 4.98 Å². The van der Waals surface area contributed by atoms with Crippen LogP contribution in [-0.4, -0.2) is 22.1 Å². The molecule has 0 saturated carbocycles. The third kappa shape index (κ3) is 5.46. The minimum atomic E-state index is -0.0134. The van der Waals surface area contributed by atoms with E-state index < -0.39 is 0 Å². The van der Waals surface area contributed by atoms with E-state index in [-0.39, 0.29) is 5.91 Å². The number of nitrogens with zero attached hydrogens (tertiary/aromatic N) is 2. The van der Waals surface area contributed by atoms with Crippen molar-refractivity contribution in [2.75, 3.05) is 11.9 Å². The Balaban J connectivity index is 1.44. The van der Waals surface area contributed by atoms with Gasteiger partial charge in [0.1, 0.15) is 5.75 Å². The van der Waals surface area contributed by atoms with Gasteiger partial charge in [0, 0.05) is 31.0 Å². The standard InChI is InChI=1S/C20H20BrN3O2/c21-18-7-1-2-8-19(18)26-12-4-9-20(25)23-17-6-3-5-16(13-17)14-24-11-10-22-15-24/h1-3,5-8,10-11,13,15H,4,9,12,14H2,(H,23,25). The molecule has 0 spiro atoms. The molecule has 0 saturated heterocycles. The van der Waals surface area contributed by atoms with E-state index >= 15 is 0 Å². The van der Waals surface area contributed by atoms with Gasteiger partial charge in [-0.1, -0.05) is 24.3 Å². The van der Waals surface area contributed by atoms with E-state index in [0.717, 1.165) is 28.0 Å². The Bertz CT molecular complexity index is 850. The third-order valence-corrected chi connectivity index (χ3v) is 4.43. The van der Waals surface area contributed by atoms with E-state index in [1.54, 1.807) is 12.5 Å². The number of imidazole rings is 1. The Hall–Kier alpha value is -2.60. The maximum Gasteiger partial charge on any atom is 0.224 e. The molecule has 0 atom stereocenters. The van der Waals surface area contributed by atoms with Gasteiger partial charge in [0.2, 0.25) is 5.91 Å². The zero-order valence-electron chi connectivity index (χ0n) is 14.3. The van der Waals surface area contributed by atoms with Gasteiger partial charge in [-0.15, -0.1) is 0 Å². The lowest BCUT2D eigenvalue weighted by molar-refractivity contribution is -0.116. The summed E-state index contributed by atoms with van der Waals surface area (Å²) in [6, 6.07) is 15.5. The number of halogens is 1. The molecule has 1 N–H and O–H groups in total. The van der Waals surface area contributed by atoms with Crippen LogP contribution in [-0.2, 0) is 11.3 Å². The predicted octanol–water partition coefficient (Wildman–Crippen LogP) is 4.49. The SMILES string of the molecule is O=C(CCCOc1ccccc1Br)Nc1cccc(Cn2ccnc2)c1. The molecule has 6 heteroatoms. The van der Waals surface area contributed by atoms with Gasteiger partial charge in [0.05, 0.1) is 17.4 Å². The van der Waals surface area contributed by atoms with Crippen molar-refractivity contribution in [3.63, 3.8) is 0 Å². The highest BCUT2D eigenvalue weighted by Crippen LogP contribution is 2.23. The van der Waals surface area contributed by atoms with Crippen LogP contribution in [0.15, 0.2) is 71.7 Å². The molecule has 3 rings (SSSR count). The van der Waals surface area contributed by atoms with E-state index in [1.807, 2.05) is 59.3 Å². The van der Waals surface area contributed by atoms with Crippen molar-refractivity contribution < 1.29 is 9.53 Å². The van der Waals surface area contributed by atoms with Crippen molar-refractivity contribution >= 4 is 27.5 Å². The maximum absolute atomic E-state index is 12.1. The number of carbonyl (C=O) groups is 1. The molecule has 2 aromatic carbocycles. The van der Waals surface area contributed by atoms with Crippen LogP contribution in [0.1, 0.15) is 18.4 Å². The van der Waals surface area contributed by atoms with Crippen LogP contribution in [0.2, 0.25) is 0 Å². The fourth-order valence-electron chi connectivity index (χ4n) is 2.54. The summed E-state index contributed by atoms with van der Waals surface area (Å²) in [5.41, 5.74) is 1.91. The van der Waals surface area contributed by atoms with Gasteiger partial charge >= 0.3 is 0 Å². The van der Waals surface area contributed by atoms with E-state index in [4.69, 9.17) is 4.74 Å². The van der Waals surface area contributed by atoms with Crippen LogP contribution in [0.5, 0.6) is 5.75 Å². The van der Waals surface area contributed by atoms with Gasteiger partial charge in [0.25, 0.3) is 0 Å². The minimum Gasteiger partial charge on any atom is -0.492 e. The number of rotatable bonds is 8. The second kappa shape index (κ2) is 9.20. The quantitative estimate of drug-likeness (QED) is 0.553. The average Bonchev–Trinajstić information content (AvgIpc) is 3.13. The smallest absolute Gasteiger partial charge is 0.224 e. The summed E-state index contributed by atoms with van der Waals surface area (Å²) >= 11 is 3.44. The first-order chi connectivity index (χ1) is 12.7. The molecule has 0 bridgehead atoms. The number of benzene rings is 2. The maximum atomic E-state index is 12.1. The lowest BCUT2D eigenvalue weighted by Crippen LogP contribution is -2.13. The highest BCUT2D eigenvalue weighted by molar-refractivity contribution is 9.10. The number of hydrogen-bond acceptors (Lipinski definition) is 3. The van der Waals surface area contributed by atoms with Gasteiger partial charge in [-0.3, -0.25) is 4.79 Å². The van der Waals surface area contributed by atoms with Gasteiger partial charge in [-0.2, -0.15) is 0 Å².